The first-order chi connectivity index (χ1) is 11.0. The second-order valence-electron chi connectivity index (χ2n) is 5.77. The zero-order valence-corrected chi connectivity index (χ0v) is 17.4. The smallest absolute Gasteiger partial charge is 0.191 e. The maximum Gasteiger partial charge on any atom is 0.191 e. The lowest BCUT2D eigenvalue weighted by atomic mass is 10.1. The number of benzene rings is 1. The molecule has 0 amide bonds. The van der Waals surface area contributed by atoms with Gasteiger partial charge in [0, 0.05) is 33.2 Å². The van der Waals surface area contributed by atoms with Gasteiger partial charge in [-0.05, 0) is 12.5 Å². The summed E-state index contributed by atoms with van der Waals surface area (Å²) in [7, 11) is -1.06. The van der Waals surface area contributed by atoms with E-state index in [2.05, 4.69) is 39.6 Å². The van der Waals surface area contributed by atoms with Crippen molar-refractivity contribution in [1.29, 1.82) is 0 Å². The molecule has 1 atom stereocenters. The summed E-state index contributed by atoms with van der Waals surface area (Å²) in [6.07, 6.45) is 0. The molecule has 1 aliphatic rings. The molecule has 0 radical (unpaired) electrons. The van der Waals surface area contributed by atoms with Crippen molar-refractivity contribution in [2.24, 2.45) is 4.99 Å². The summed E-state index contributed by atoms with van der Waals surface area (Å²) in [6, 6.07) is 10.4. The van der Waals surface area contributed by atoms with Crippen molar-refractivity contribution in [3.8, 4) is 0 Å². The largest absolute Gasteiger partial charge is 0.355 e. The van der Waals surface area contributed by atoms with E-state index in [0.717, 1.165) is 19.0 Å². The van der Waals surface area contributed by atoms with Crippen LogP contribution in [0.4, 0.5) is 0 Å². The Hall–Kier alpha value is -0.870. The highest BCUT2D eigenvalue weighted by atomic mass is 127. The van der Waals surface area contributed by atoms with Gasteiger partial charge in [-0.25, -0.2) is 8.42 Å². The Kier molecular flexibility index (Phi) is 8.99. The average molecular weight is 466 g/mol. The number of hydrogen-bond donors (Lipinski definition) is 2. The Labute approximate surface area is 162 Å². The van der Waals surface area contributed by atoms with Gasteiger partial charge in [0.2, 0.25) is 0 Å². The molecule has 1 aliphatic heterocycles. The molecule has 136 valence electrons. The molecular formula is C16H27IN4O2S. The topological polar surface area (TPSA) is 73.8 Å². The lowest BCUT2D eigenvalue weighted by Crippen LogP contribution is -2.46. The first kappa shape index (κ1) is 21.2. The van der Waals surface area contributed by atoms with Crippen LogP contribution in [0.25, 0.3) is 0 Å². The molecule has 1 aromatic rings. The van der Waals surface area contributed by atoms with Crippen LogP contribution in [-0.4, -0.2) is 64.0 Å². The van der Waals surface area contributed by atoms with Gasteiger partial charge in [-0.15, -0.1) is 24.0 Å². The van der Waals surface area contributed by atoms with Gasteiger partial charge in [-0.1, -0.05) is 30.3 Å². The lowest BCUT2D eigenvalue weighted by Gasteiger charge is -2.27. The number of nitrogens with zero attached hydrogens (tertiary/aromatic N) is 2. The summed E-state index contributed by atoms with van der Waals surface area (Å²) in [6.45, 7) is 4.89. The van der Waals surface area contributed by atoms with Gasteiger partial charge in [0.1, 0.15) is 0 Å². The van der Waals surface area contributed by atoms with Gasteiger partial charge >= 0.3 is 0 Å². The van der Waals surface area contributed by atoms with E-state index in [0.29, 0.717) is 13.1 Å². The Morgan fingerprint density at radius 1 is 1.25 bits per heavy atom. The maximum atomic E-state index is 11.4. The average Bonchev–Trinajstić information content (AvgIpc) is 2.56. The molecule has 1 fully saturated rings. The number of nitrogens with one attached hydrogen (secondary N) is 2. The Morgan fingerprint density at radius 2 is 1.88 bits per heavy atom. The third-order valence-corrected chi connectivity index (χ3v) is 5.64. The van der Waals surface area contributed by atoms with Crippen LogP contribution in [0.15, 0.2) is 35.3 Å². The summed E-state index contributed by atoms with van der Waals surface area (Å²) in [5, 5.41) is 6.64. The van der Waals surface area contributed by atoms with E-state index in [4.69, 9.17) is 0 Å². The third kappa shape index (κ3) is 6.94. The van der Waals surface area contributed by atoms with Crippen molar-refractivity contribution in [3.63, 3.8) is 0 Å². The zero-order chi connectivity index (χ0) is 16.7. The minimum Gasteiger partial charge on any atom is -0.355 e. The van der Waals surface area contributed by atoms with Crippen LogP contribution >= 0.6 is 24.0 Å². The SMILES string of the molecule is CN=C(NCCN1CCS(=O)(=O)CC1)NC(C)c1ccccc1.I. The first-order valence-corrected chi connectivity index (χ1v) is 9.77. The Balaban J connectivity index is 0.00000288. The lowest BCUT2D eigenvalue weighted by molar-refractivity contribution is 0.299. The molecule has 0 aromatic heterocycles. The normalized spacial score (nSPS) is 19.2. The summed E-state index contributed by atoms with van der Waals surface area (Å²) in [4.78, 5) is 6.41. The molecule has 0 spiro atoms. The van der Waals surface area contributed by atoms with E-state index in [-0.39, 0.29) is 41.5 Å². The molecule has 0 saturated carbocycles. The van der Waals surface area contributed by atoms with Crippen LogP contribution in [0.3, 0.4) is 0 Å². The summed E-state index contributed by atoms with van der Waals surface area (Å²) >= 11 is 0. The van der Waals surface area contributed by atoms with E-state index in [1.807, 2.05) is 18.2 Å². The molecule has 2 rings (SSSR count). The minimum absolute atomic E-state index is 0. The van der Waals surface area contributed by atoms with E-state index >= 15 is 0 Å². The fourth-order valence-electron chi connectivity index (χ4n) is 2.53. The number of sulfone groups is 1. The summed E-state index contributed by atoms with van der Waals surface area (Å²) in [5.41, 5.74) is 1.21. The van der Waals surface area contributed by atoms with Crippen LogP contribution < -0.4 is 10.6 Å². The van der Waals surface area contributed by atoms with Crippen molar-refractivity contribution < 1.29 is 8.42 Å². The quantitative estimate of drug-likeness (QED) is 0.389. The molecule has 2 N–H and O–H groups in total. The molecule has 6 nitrogen and oxygen atoms in total. The van der Waals surface area contributed by atoms with E-state index in [9.17, 15) is 8.42 Å². The number of hydrogen-bond acceptors (Lipinski definition) is 4. The molecule has 1 heterocycles. The summed E-state index contributed by atoms with van der Waals surface area (Å²) < 4.78 is 22.8. The molecule has 1 unspecified atom stereocenters. The number of guanidine groups is 1. The molecule has 1 aromatic carbocycles. The monoisotopic (exact) mass is 466 g/mol. The molecule has 0 bridgehead atoms. The fraction of sp³-hybridized carbons (Fsp3) is 0.562. The Bertz CT molecular complexity index is 608. The molecular weight excluding hydrogens is 439 g/mol. The van der Waals surface area contributed by atoms with Crippen molar-refractivity contribution >= 4 is 39.8 Å². The van der Waals surface area contributed by atoms with Crippen molar-refractivity contribution in [3.05, 3.63) is 35.9 Å². The van der Waals surface area contributed by atoms with E-state index < -0.39 is 9.84 Å². The second kappa shape index (κ2) is 10.2. The first-order valence-electron chi connectivity index (χ1n) is 7.95. The maximum absolute atomic E-state index is 11.4. The van der Waals surface area contributed by atoms with E-state index in [1.54, 1.807) is 7.05 Å². The van der Waals surface area contributed by atoms with Gasteiger partial charge in [-0.3, -0.25) is 9.89 Å². The van der Waals surface area contributed by atoms with Gasteiger partial charge in [0.05, 0.1) is 17.5 Å². The van der Waals surface area contributed by atoms with Crippen molar-refractivity contribution in [2.75, 3.05) is 44.7 Å². The summed E-state index contributed by atoms with van der Waals surface area (Å²) in [5.74, 6) is 1.29. The van der Waals surface area contributed by atoms with Crippen LogP contribution in [0, 0.1) is 0 Å². The van der Waals surface area contributed by atoms with Crippen LogP contribution in [-0.2, 0) is 9.84 Å². The van der Waals surface area contributed by atoms with Crippen LogP contribution in [0.2, 0.25) is 0 Å². The zero-order valence-electron chi connectivity index (χ0n) is 14.2. The molecule has 0 aliphatic carbocycles. The van der Waals surface area contributed by atoms with Gasteiger partial charge in [-0.2, -0.15) is 0 Å². The third-order valence-electron chi connectivity index (χ3n) is 4.03. The van der Waals surface area contributed by atoms with E-state index in [1.165, 1.54) is 5.56 Å². The molecule has 24 heavy (non-hydrogen) atoms. The highest BCUT2D eigenvalue weighted by Gasteiger charge is 2.20. The predicted octanol–water partition coefficient (Wildman–Crippen LogP) is 1.26. The van der Waals surface area contributed by atoms with Crippen molar-refractivity contribution in [1.82, 2.24) is 15.5 Å². The highest BCUT2D eigenvalue weighted by molar-refractivity contribution is 14.0. The Morgan fingerprint density at radius 3 is 2.46 bits per heavy atom. The predicted molar refractivity (Wildman–Crippen MR) is 110 cm³/mol. The molecule has 8 heteroatoms. The fourth-order valence-corrected chi connectivity index (χ4v) is 3.81. The number of aliphatic imine (C=N–C) groups is 1. The van der Waals surface area contributed by atoms with Gasteiger partial charge in [0.25, 0.3) is 0 Å². The minimum atomic E-state index is -2.81. The van der Waals surface area contributed by atoms with Crippen LogP contribution in [0.5, 0.6) is 0 Å². The highest BCUT2D eigenvalue weighted by Crippen LogP contribution is 2.10. The van der Waals surface area contributed by atoms with Crippen molar-refractivity contribution in [2.45, 2.75) is 13.0 Å². The van der Waals surface area contributed by atoms with Crippen LogP contribution in [0.1, 0.15) is 18.5 Å². The molecule has 1 saturated heterocycles. The number of halogens is 1. The number of rotatable bonds is 5. The van der Waals surface area contributed by atoms with Gasteiger partial charge in [0.15, 0.2) is 15.8 Å². The van der Waals surface area contributed by atoms with Gasteiger partial charge < -0.3 is 10.6 Å². The second-order valence-corrected chi connectivity index (χ2v) is 8.07. The standard InChI is InChI=1S/C16H26N4O2S.HI/c1-14(15-6-4-3-5-7-15)19-16(17-2)18-8-9-20-10-12-23(21,22)13-11-20;/h3-7,14H,8-13H2,1-2H3,(H2,17,18,19);1H.